The number of hydrogen-bond acceptors (Lipinski definition) is 7. The minimum absolute atomic E-state index is 0.00830. The molecule has 0 saturated heterocycles. The number of nitrogens with zero attached hydrogens (tertiary/aromatic N) is 2. The second kappa shape index (κ2) is 15.1. The van der Waals surface area contributed by atoms with E-state index in [1.54, 1.807) is 36.3 Å². The summed E-state index contributed by atoms with van der Waals surface area (Å²) in [4.78, 5) is 41.9. The molecule has 1 saturated carbocycles. The van der Waals surface area contributed by atoms with Gasteiger partial charge in [-0.25, -0.2) is 0 Å². The molecule has 9 nitrogen and oxygen atoms in total. The standard InChI is InChI=1S/C29H40N2O7/c1-35-25-15-14-22(19-26(25)36-2)16-17-30(20-24-11-8-18-38-24)28(33)21-31(23-9-5-4-6-10-23)27(32)12-7-13-29(34)37-3/h8,11,14-15,18-19,23H,4-7,9-10,12-13,16-17,20-21H2,1-3H3. The number of furan rings is 1. The third-order valence-corrected chi connectivity index (χ3v) is 7.04. The van der Waals surface area contributed by atoms with E-state index in [9.17, 15) is 14.4 Å². The molecule has 9 heteroatoms. The van der Waals surface area contributed by atoms with Gasteiger partial charge in [0.1, 0.15) is 12.3 Å². The predicted octanol–water partition coefficient (Wildman–Crippen LogP) is 4.37. The SMILES string of the molecule is COC(=O)CCCC(=O)N(CC(=O)N(CCc1ccc(OC)c(OC)c1)Cc1ccco1)C1CCCCC1. The van der Waals surface area contributed by atoms with Crippen LogP contribution < -0.4 is 9.47 Å². The number of carbonyl (C=O) groups excluding carboxylic acids is 3. The lowest BCUT2D eigenvalue weighted by molar-refractivity contribution is -0.144. The zero-order chi connectivity index (χ0) is 27.3. The summed E-state index contributed by atoms with van der Waals surface area (Å²) in [6, 6.07) is 9.39. The molecule has 208 valence electrons. The van der Waals surface area contributed by atoms with E-state index < -0.39 is 0 Å². The predicted molar refractivity (Wildman–Crippen MR) is 142 cm³/mol. The first-order chi connectivity index (χ1) is 18.4. The maximum atomic E-state index is 13.7. The Labute approximate surface area is 225 Å². The molecule has 0 bridgehead atoms. The van der Waals surface area contributed by atoms with E-state index in [-0.39, 0.29) is 43.2 Å². The Morgan fingerprint density at radius 3 is 2.37 bits per heavy atom. The van der Waals surface area contributed by atoms with Crippen molar-refractivity contribution >= 4 is 17.8 Å². The maximum absolute atomic E-state index is 13.7. The zero-order valence-electron chi connectivity index (χ0n) is 22.8. The van der Waals surface area contributed by atoms with Crippen LogP contribution in [0.15, 0.2) is 41.0 Å². The molecule has 1 heterocycles. The molecule has 3 rings (SSSR count). The van der Waals surface area contributed by atoms with Crippen molar-refractivity contribution in [3.63, 3.8) is 0 Å². The largest absolute Gasteiger partial charge is 0.493 e. The molecule has 0 aliphatic heterocycles. The fraction of sp³-hybridized carbons (Fsp3) is 0.552. The molecule has 2 aromatic rings. The summed E-state index contributed by atoms with van der Waals surface area (Å²) in [5.74, 6) is 1.40. The summed E-state index contributed by atoms with van der Waals surface area (Å²) in [7, 11) is 4.53. The second-order valence-electron chi connectivity index (χ2n) is 9.58. The van der Waals surface area contributed by atoms with Crippen LogP contribution in [0.3, 0.4) is 0 Å². The lowest BCUT2D eigenvalue weighted by Gasteiger charge is -2.35. The van der Waals surface area contributed by atoms with Gasteiger partial charge < -0.3 is 28.4 Å². The Morgan fingerprint density at radius 1 is 0.947 bits per heavy atom. The van der Waals surface area contributed by atoms with Crippen molar-refractivity contribution in [3.05, 3.63) is 47.9 Å². The van der Waals surface area contributed by atoms with Crippen molar-refractivity contribution in [1.82, 2.24) is 9.80 Å². The molecule has 1 aliphatic carbocycles. The quantitative estimate of drug-likeness (QED) is 0.336. The first-order valence-corrected chi connectivity index (χ1v) is 13.3. The van der Waals surface area contributed by atoms with E-state index in [4.69, 9.17) is 18.6 Å². The van der Waals surface area contributed by atoms with Gasteiger partial charge in [-0.1, -0.05) is 25.3 Å². The van der Waals surface area contributed by atoms with Crippen LogP contribution in [0.25, 0.3) is 0 Å². The van der Waals surface area contributed by atoms with Gasteiger partial charge in [0.15, 0.2) is 11.5 Å². The van der Waals surface area contributed by atoms with E-state index in [1.807, 2.05) is 24.3 Å². The average molecular weight is 529 g/mol. The van der Waals surface area contributed by atoms with Crippen LogP contribution in [-0.4, -0.2) is 68.0 Å². The summed E-state index contributed by atoms with van der Waals surface area (Å²) in [6.45, 7) is 0.770. The minimum atomic E-state index is -0.335. The highest BCUT2D eigenvalue weighted by Gasteiger charge is 2.29. The van der Waals surface area contributed by atoms with E-state index >= 15 is 0 Å². The lowest BCUT2D eigenvalue weighted by atomic mass is 9.93. The van der Waals surface area contributed by atoms with Gasteiger partial charge in [0.25, 0.3) is 0 Å². The maximum Gasteiger partial charge on any atom is 0.305 e. The molecule has 0 spiro atoms. The molecule has 1 aromatic heterocycles. The average Bonchev–Trinajstić information content (AvgIpc) is 3.47. The summed E-state index contributed by atoms with van der Waals surface area (Å²) in [6.07, 6.45) is 7.99. The third kappa shape index (κ3) is 8.53. The van der Waals surface area contributed by atoms with Gasteiger partial charge in [0.05, 0.1) is 34.1 Å². The summed E-state index contributed by atoms with van der Waals surface area (Å²) in [5.41, 5.74) is 1.00. The summed E-state index contributed by atoms with van der Waals surface area (Å²) in [5, 5.41) is 0. The summed E-state index contributed by atoms with van der Waals surface area (Å²) < 4.78 is 21.0. The first kappa shape index (κ1) is 29.1. The van der Waals surface area contributed by atoms with Crippen molar-refractivity contribution < 1.29 is 33.0 Å². The number of amides is 2. The number of ether oxygens (including phenoxy) is 3. The van der Waals surface area contributed by atoms with Crippen molar-refractivity contribution in [2.24, 2.45) is 0 Å². The monoisotopic (exact) mass is 528 g/mol. The van der Waals surface area contributed by atoms with Crippen LogP contribution >= 0.6 is 0 Å². The van der Waals surface area contributed by atoms with Crippen LogP contribution in [0, 0.1) is 0 Å². The van der Waals surface area contributed by atoms with Gasteiger partial charge in [-0.05, 0) is 55.5 Å². The van der Waals surface area contributed by atoms with Gasteiger partial charge in [-0.15, -0.1) is 0 Å². The smallest absolute Gasteiger partial charge is 0.305 e. The highest BCUT2D eigenvalue weighted by atomic mass is 16.5. The summed E-state index contributed by atoms with van der Waals surface area (Å²) >= 11 is 0. The van der Waals surface area contributed by atoms with Crippen LogP contribution in [0.2, 0.25) is 0 Å². The number of rotatable bonds is 14. The van der Waals surface area contributed by atoms with Gasteiger partial charge in [-0.3, -0.25) is 14.4 Å². The van der Waals surface area contributed by atoms with E-state index in [2.05, 4.69) is 0 Å². The molecule has 2 amide bonds. The second-order valence-corrected chi connectivity index (χ2v) is 9.58. The molecule has 1 fully saturated rings. The number of esters is 1. The fourth-order valence-corrected chi connectivity index (χ4v) is 4.87. The lowest BCUT2D eigenvalue weighted by Crippen LogP contribution is -2.48. The first-order valence-electron chi connectivity index (χ1n) is 13.3. The number of methoxy groups -OCH3 is 3. The van der Waals surface area contributed by atoms with Crippen molar-refractivity contribution in [2.45, 2.75) is 70.4 Å². The van der Waals surface area contributed by atoms with Gasteiger partial charge >= 0.3 is 5.97 Å². The molecule has 1 aliphatic rings. The number of hydrogen-bond donors (Lipinski definition) is 0. The third-order valence-electron chi connectivity index (χ3n) is 7.04. The van der Waals surface area contributed by atoms with Crippen molar-refractivity contribution in [2.75, 3.05) is 34.4 Å². The fourth-order valence-electron chi connectivity index (χ4n) is 4.87. The highest BCUT2D eigenvalue weighted by molar-refractivity contribution is 5.85. The van der Waals surface area contributed by atoms with E-state index in [0.29, 0.717) is 43.2 Å². The zero-order valence-corrected chi connectivity index (χ0v) is 22.8. The van der Waals surface area contributed by atoms with Crippen LogP contribution in [0.1, 0.15) is 62.7 Å². The minimum Gasteiger partial charge on any atom is -0.493 e. The molecule has 0 radical (unpaired) electrons. The number of carbonyl (C=O) groups is 3. The van der Waals surface area contributed by atoms with Gasteiger partial charge in [0.2, 0.25) is 11.8 Å². The van der Waals surface area contributed by atoms with Crippen molar-refractivity contribution in [1.29, 1.82) is 0 Å². The Kier molecular flexibility index (Phi) is 11.5. The molecule has 38 heavy (non-hydrogen) atoms. The van der Waals surface area contributed by atoms with E-state index in [0.717, 1.165) is 37.7 Å². The molecular weight excluding hydrogens is 488 g/mol. The Hall–Kier alpha value is -3.49. The molecule has 0 unspecified atom stereocenters. The molecule has 0 N–H and O–H groups in total. The molecule has 0 atom stereocenters. The van der Waals surface area contributed by atoms with Crippen LogP contribution in [0.5, 0.6) is 11.5 Å². The molecule has 1 aromatic carbocycles. The Bertz CT molecular complexity index is 1030. The molecular formula is C29H40N2O7. The van der Waals surface area contributed by atoms with Crippen LogP contribution in [-0.2, 0) is 32.1 Å². The van der Waals surface area contributed by atoms with E-state index in [1.165, 1.54) is 7.11 Å². The van der Waals surface area contributed by atoms with Gasteiger partial charge in [0, 0.05) is 25.4 Å². The topological polar surface area (TPSA) is 98.5 Å². The number of benzene rings is 1. The Balaban J connectivity index is 1.72. The van der Waals surface area contributed by atoms with Gasteiger partial charge in [-0.2, -0.15) is 0 Å². The van der Waals surface area contributed by atoms with Crippen molar-refractivity contribution in [3.8, 4) is 11.5 Å². The highest BCUT2D eigenvalue weighted by Crippen LogP contribution is 2.28. The van der Waals surface area contributed by atoms with Crippen LogP contribution in [0.4, 0.5) is 0 Å². The Morgan fingerprint density at radius 2 is 1.71 bits per heavy atom. The normalized spacial score (nSPS) is 13.6.